The van der Waals surface area contributed by atoms with Crippen molar-refractivity contribution in [1.82, 2.24) is 16.0 Å². The van der Waals surface area contributed by atoms with Crippen molar-refractivity contribution in [3.05, 3.63) is 138 Å². The molecule has 0 saturated heterocycles. The first-order chi connectivity index (χ1) is 30.5. The molecule has 344 valence electrons. The van der Waals surface area contributed by atoms with Crippen molar-refractivity contribution >= 4 is 35.3 Å². The van der Waals surface area contributed by atoms with Crippen LogP contribution in [0.4, 0.5) is 0 Å². The number of ether oxygens (including phenoxy) is 2. The Hall–Kier alpha value is -5.23. The molecule has 0 aliphatic carbocycles. The zero-order valence-corrected chi connectivity index (χ0v) is 38.2. The number of halogens is 1. The Morgan fingerprint density at radius 1 is 0.714 bits per heavy atom. The predicted molar refractivity (Wildman–Crippen MR) is 254 cm³/mol. The quantitative estimate of drug-likeness (QED) is 0.0277. The molecule has 2 rings (SSSR count). The van der Waals surface area contributed by atoms with Gasteiger partial charge in [-0.2, -0.15) is 0 Å². The number of hydrogen-bond acceptors (Lipinski definition) is 8. The molecule has 0 aliphatic heterocycles. The first-order valence-corrected chi connectivity index (χ1v) is 22.5. The number of hydrogen-bond donors (Lipinski definition) is 5. The van der Waals surface area contributed by atoms with E-state index in [9.17, 15) is 29.4 Å². The minimum atomic E-state index is -1.17. The number of benzene rings is 2. The fourth-order valence-electron chi connectivity index (χ4n) is 5.81. The first kappa shape index (κ1) is 53.9. The van der Waals surface area contributed by atoms with Gasteiger partial charge in [-0.3, -0.25) is 14.4 Å². The molecule has 0 bridgehead atoms. The Labute approximate surface area is 380 Å². The minimum Gasteiger partial charge on any atom is -0.478 e. The van der Waals surface area contributed by atoms with E-state index in [0.29, 0.717) is 55.1 Å². The Balaban J connectivity index is 1.72. The van der Waals surface area contributed by atoms with Crippen LogP contribution in [0.5, 0.6) is 5.75 Å². The summed E-state index contributed by atoms with van der Waals surface area (Å²) in [6.45, 7) is 5.40. The van der Waals surface area contributed by atoms with Gasteiger partial charge in [-0.15, -0.1) is 0 Å². The second-order valence-corrected chi connectivity index (χ2v) is 15.9. The Bertz CT molecular complexity index is 1800. The zero-order chi connectivity index (χ0) is 46.0. The number of carbonyl (C=O) groups is 4. The summed E-state index contributed by atoms with van der Waals surface area (Å²) in [5.74, 6) is -1.52. The monoisotopic (exact) mass is 887 g/mol. The third kappa shape index (κ3) is 25.5. The highest BCUT2D eigenvalue weighted by molar-refractivity contribution is 6.30. The topological polar surface area (TPSA) is 163 Å². The molecule has 5 N–H and O–H groups in total. The molecule has 0 radical (unpaired) electrons. The van der Waals surface area contributed by atoms with Gasteiger partial charge in [-0.05, 0) is 126 Å². The smallest absolute Gasteiger partial charge is 0.328 e. The summed E-state index contributed by atoms with van der Waals surface area (Å²) in [5.41, 5.74) is 0.354. The maximum atomic E-state index is 13.1. The molecule has 11 nitrogen and oxygen atoms in total. The lowest BCUT2D eigenvalue weighted by Gasteiger charge is -2.25. The average molecular weight is 889 g/mol. The van der Waals surface area contributed by atoms with E-state index < -0.39 is 23.5 Å². The number of allylic oxidation sites excluding steroid dienone is 12. The van der Waals surface area contributed by atoms with Crippen molar-refractivity contribution in [3.8, 4) is 5.75 Å². The van der Waals surface area contributed by atoms with Crippen LogP contribution < -0.4 is 20.7 Å². The number of rotatable bonds is 32. The molecule has 0 heterocycles. The lowest BCUT2D eigenvalue weighted by molar-refractivity contribution is -0.150. The molecule has 0 aliphatic rings. The summed E-state index contributed by atoms with van der Waals surface area (Å²) in [6.07, 6.45) is 33.7. The van der Waals surface area contributed by atoms with E-state index in [4.69, 9.17) is 21.1 Å². The van der Waals surface area contributed by atoms with Gasteiger partial charge in [0.05, 0.1) is 19.8 Å². The summed E-state index contributed by atoms with van der Waals surface area (Å²) in [7, 11) is 0. The lowest BCUT2D eigenvalue weighted by Crippen LogP contribution is -2.47. The van der Waals surface area contributed by atoms with Gasteiger partial charge in [-0.1, -0.05) is 104 Å². The van der Waals surface area contributed by atoms with E-state index >= 15 is 0 Å². The van der Waals surface area contributed by atoms with E-state index in [1.165, 1.54) is 0 Å². The molecule has 3 amide bonds. The second-order valence-electron chi connectivity index (χ2n) is 15.5. The van der Waals surface area contributed by atoms with Gasteiger partial charge >= 0.3 is 5.97 Å². The van der Waals surface area contributed by atoms with Crippen LogP contribution in [-0.4, -0.2) is 78.5 Å². The van der Waals surface area contributed by atoms with Crippen LogP contribution >= 0.6 is 11.6 Å². The summed E-state index contributed by atoms with van der Waals surface area (Å²) < 4.78 is 11.3. The fourth-order valence-corrected chi connectivity index (χ4v) is 5.94. The molecule has 0 aromatic heterocycles. The van der Waals surface area contributed by atoms with Crippen LogP contribution in [-0.2, 0) is 25.5 Å². The molecule has 1 unspecified atom stereocenters. The van der Waals surface area contributed by atoms with Crippen LogP contribution in [0.1, 0.15) is 107 Å². The van der Waals surface area contributed by atoms with Crippen molar-refractivity contribution < 1.29 is 38.9 Å². The molecule has 2 aromatic rings. The normalized spacial score (nSPS) is 12.7. The van der Waals surface area contributed by atoms with Crippen LogP contribution in [0.2, 0.25) is 5.02 Å². The lowest BCUT2D eigenvalue weighted by atomic mass is 10.1. The van der Waals surface area contributed by atoms with Gasteiger partial charge in [0.1, 0.15) is 11.8 Å². The number of esters is 1. The molecule has 0 fully saturated rings. The third-order valence-electron chi connectivity index (χ3n) is 9.59. The van der Waals surface area contributed by atoms with Gasteiger partial charge in [-0.25, -0.2) is 4.79 Å². The number of nitrogens with one attached hydrogen (secondary N) is 3. The molecule has 12 heteroatoms. The number of amides is 3. The maximum Gasteiger partial charge on any atom is 0.328 e. The van der Waals surface area contributed by atoms with E-state index in [-0.39, 0.29) is 50.4 Å². The highest BCUT2D eigenvalue weighted by Gasteiger charge is 2.30. The Morgan fingerprint density at radius 3 is 1.83 bits per heavy atom. The Kier molecular flexibility index (Phi) is 28.5. The number of unbranched alkanes of at least 4 members (excludes halogenated alkanes) is 1. The van der Waals surface area contributed by atoms with Crippen LogP contribution in [0, 0.1) is 5.92 Å². The van der Waals surface area contributed by atoms with Crippen molar-refractivity contribution in [3.63, 3.8) is 0 Å². The van der Waals surface area contributed by atoms with E-state index in [1.807, 2.05) is 24.3 Å². The highest BCUT2D eigenvalue weighted by atomic mass is 35.5. The van der Waals surface area contributed by atoms with Gasteiger partial charge in [0.25, 0.3) is 11.8 Å². The van der Waals surface area contributed by atoms with Crippen LogP contribution in [0.25, 0.3) is 0 Å². The van der Waals surface area contributed by atoms with Gasteiger partial charge in [0, 0.05) is 36.0 Å². The van der Waals surface area contributed by atoms with Crippen LogP contribution in [0.15, 0.2) is 121 Å². The molecule has 1 atom stereocenters. The number of aliphatic hydroxyl groups is 2. The molecule has 0 saturated carbocycles. The van der Waals surface area contributed by atoms with Crippen molar-refractivity contribution in [2.75, 3.05) is 32.9 Å². The van der Waals surface area contributed by atoms with Crippen LogP contribution in [0.3, 0.4) is 0 Å². The highest BCUT2D eigenvalue weighted by Crippen LogP contribution is 2.20. The van der Waals surface area contributed by atoms with E-state index in [2.05, 4.69) is 83.6 Å². The predicted octanol–water partition coefficient (Wildman–Crippen LogP) is 8.86. The number of aliphatic hydroxyl groups excluding tert-OH is 2. The molecule has 2 aromatic carbocycles. The van der Waals surface area contributed by atoms with E-state index in [0.717, 1.165) is 44.1 Å². The standard InChI is InChI=1S/C51H70ClN3O8/c1-4-5-6-7-8-9-10-11-12-13-14-15-16-17-18-19-20-21-22-26-47(58)55-46(49(60)62-40-42(38-56)39-57)25-23-24-36-54-50(61)51(2,3)63-45-33-27-41(28-34-45)35-37-53-48(59)43-29-31-44(52)32-30-43/h5-6,8-9,11-12,14-15,17-18,20-21,27-34,42,46,56-57H,4,7,10,13,16,19,22-26,35-40H2,1-3H3,(H,53,59)(H,54,61)(H,55,58)/b6-5-,9-8-,12-11-,15-14-,18-17-,21-20-. The average Bonchev–Trinajstić information content (AvgIpc) is 3.27. The molecular weight excluding hydrogens is 818 g/mol. The summed E-state index contributed by atoms with van der Waals surface area (Å²) >= 11 is 5.90. The van der Waals surface area contributed by atoms with E-state index in [1.54, 1.807) is 50.2 Å². The van der Waals surface area contributed by atoms with Crippen molar-refractivity contribution in [1.29, 1.82) is 0 Å². The van der Waals surface area contributed by atoms with Gasteiger partial charge in [0.2, 0.25) is 5.91 Å². The summed E-state index contributed by atoms with van der Waals surface area (Å²) in [4.78, 5) is 51.2. The van der Waals surface area contributed by atoms with Crippen molar-refractivity contribution in [2.45, 2.75) is 109 Å². The Morgan fingerprint density at radius 2 is 1.27 bits per heavy atom. The minimum absolute atomic E-state index is 0.173. The fraction of sp³-hybridized carbons (Fsp3) is 0.451. The zero-order valence-electron chi connectivity index (χ0n) is 37.4. The largest absolute Gasteiger partial charge is 0.478 e. The maximum absolute atomic E-state index is 13.1. The number of carbonyl (C=O) groups excluding carboxylic acids is 4. The third-order valence-corrected chi connectivity index (χ3v) is 9.84. The van der Waals surface area contributed by atoms with Gasteiger partial charge < -0.3 is 35.6 Å². The molecular formula is C51H70ClN3O8. The summed E-state index contributed by atoms with van der Waals surface area (Å²) in [6, 6.07) is 13.1. The molecule has 63 heavy (non-hydrogen) atoms. The SMILES string of the molecule is CC/C=C\C/C=C\C/C=C\C/C=C\C/C=C\C/C=C\CCC(=O)NC(CCCCNC(=O)C(C)(C)Oc1ccc(CCNC(=O)c2ccc(Cl)cc2)cc1)C(=O)OCC(CO)CO. The second kappa shape index (κ2) is 33.3. The molecule has 0 spiro atoms. The van der Waals surface area contributed by atoms with Crippen molar-refractivity contribution in [2.24, 2.45) is 5.92 Å². The van der Waals surface area contributed by atoms with Gasteiger partial charge in [0.15, 0.2) is 5.60 Å². The first-order valence-electron chi connectivity index (χ1n) is 22.2. The summed E-state index contributed by atoms with van der Waals surface area (Å²) in [5, 5.41) is 27.9.